The summed E-state index contributed by atoms with van der Waals surface area (Å²) < 4.78 is 0. The molecule has 66 valence electrons. The minimum Gasteiger partial charge on any atom is -0.299 e. The van der Waals surface area contributed by atoms with Gasteiger partial charge >= 0.3 is 0 Å². The predicted octanol–water partition coefficient (Wildman–Crippen LogP) is 2.89. The van der Waals surface area contributed by atoms with Gasteiger partial charge in [-0.05, 0) is 12.3 Å². The normalized spacial score (nSPS) is 14.1. The van der Waals surface area contributed by atoms with E-state index in [0.29, 0.717) is 11.7 Å². The third-order valence-corrected chi connectivity index (χ3v) is 1.88. The van der Waals surface area contributed by atoms with Crippen LogP contribution in [-0.2, 0) is 4.79 Å². The summed E-state index contributed by atoms with van der Waals surface area (Å²) in [6.07, 6.45) is 1.02. The van der Waals surface area contributed by atoms with E-state index >= 15 is 0 Å². The minimum atomic E-state index is 0.198. The van der Waals surface area contributed by atoms with Crippen molar-refractivity contribution in [2.75, 3.05) is 0 Å². The van der Waals surface area contributed by atoms with Crippen LogP contribution in [-0.4, -0.2) is 5.78 Å². The maximum Gasteiger partial charge on any atom is 0.138 e. The molecule has 0 aromatic carbocycles. The molecule has 1 atom stereocenters. The highest BCUT2D eigenvalue weighted by atomic mass is 16.1. The van der Waals surface area contributed by atoms with Crippen LogP contribution < -0.4 is 0 Å². The molecule has 0 spiro atoms. The van der Waals surface area contributed by atoms with Crippen LogP contribution >= 0.6 is 0 Å². The molecule has 0 aromatic heterocycles. The number of carbonyl (C=O) groups is 1. The number of ketones is 1. The molecule has 0 unspecified atom stereocenters. The lowest BCUT2D eigenvalue weighted by atomic mass is 9.90. The molecule has 0 radical (unpaired) electrons. The van der Waals surface area contributed by atoms with E-state index in [1.165, 1.54) is 0 Å². The first-order valence-electron chi connectivity index (χ1n) is 4.48. The number of Topliss-reactive ketones (excluding diaryl/α,β-unsaturated/α-hetero) is 1. The van der Waals surface area contributed by atoms with Gasteiger partial charge in [0.05, 0.1) is 0 Å². The average molecular weight is 156 g/mol. The van der Waals surface area contributed by atoms with Gasteiger partial charge in [-0.3, -0.25) is 4.79 Å². The molecular weight excluding hydrogens is 136 g/mol. The molecule has 0 aliphatic carbocycles. The van der Waals surface area contributed by atoms with Gasteiger partial charge in [0.25, 0.3) is 0 Å². The molecule has 0 aliphatic heterocycles. The Morgan fingerprint density at radius 1 is 1.09 bits per heavy atom. The lowest BCUT2D eigenvalue weighted by Crippen LogP contribution is -2.18. The van der Waals surface area contributed by atoms with Crippen LogP contribution in [0.3, 0.4) is 0 Å². The van der Waals surface area contributed by atoms with Gasteiger partial charge in [-0.1, -0.05) is 34.6 Å². The highest BCUT2D eigenvalue weighted by Crippen LogP contribution is 2.15. The van der Waals surface area contributed by atoms with Crippen LogP contribution in [0.2, 0.25) is 0 Å². The maximum atomic E-state index is 11.4. The maximum absolute atomic E-state index is 11.4. The summed E-state index contributed by atoms with van der Waals surface area (Å²) in [5.41, 5.74) is 0. The second kappa shape index (κ2) is 4.53. The monoisotopic (exact) mass is 156 g/mol. The van der Waals surface area contributed by atoms with Gasteiger partial charge in [-0.2, -0.15) is 0 Å². The summed E-state index contributed by atoms with van der Waals surface area (Å²) in [6.45, 7) is 10.3. The Labute approximate surface area is 70.2 Å². The molecule has 0 saturated heterocycles. The van der Waals surface area contributed by atoms with Crippen LogP contribution in [0.5, 0.6) is 0 Å². The molecule has 0 fully saturated rings. The molecule has 0 bridgehead atoms. The van der Waals surface area contributed by atoms with Crippen molar-refractivity contribution in [2.45, 2.75) is 41.0 Å². The van der Waals surface area contributed by atoms with E-state index in [2.05, 4.69) is 13.8 Å². The zero-order valence-electron chi connectivity index (χ0n) is 8.35. The molecule has 1 heteroatoms. The Kier molecular flexibility index (Phi) is 4.39. The van der Waals surface area contributed by atoms with Crippen molar-refractivity contribution in [3.05, 3.63) is 0 Å². The van der Waals surface area contributed by atoms with Crippen molar-refractivity contribution >= 4 is 5.78 Å². The molecular formula is C10H20O. The van der Waals surface area contributed by atoms with Crippen molar-refractivity contribution in [2.24, 2.45) is 17.8 Å². The van der Waals surface area contributed by atoms with E-state index < -0.39 is 0 Å². The summed E-state index contributed by atoms with van der Waals surface area (Å²) >= 11 is 0. The van der Waals surface area contributed by atoms with E-state index in [1.54, 1.807) is 0 Å². The van der Waals surface area contributed by atoms with Crippen molar-refractivity contribution in [3.63, 3.8) is 0 Å². The fraction of sp³-hybridized carbons (Fsp3) is 0.900. The summed E-state index contributed by atoms with van der Waals surface area (Å²) in [6, 6.07) is 0. The Morgan fingerprint density at radius 2 is 1.55 bits per heavy atom. The van der Waals surface area contributed by atoms with E-state index in [9.17, 15) is 4.79 Å². The molecule has 0 N–H and O–H groups in total. The number of rotatable bonds is 4. The third kappa shape index (κ3) is 4.18. The number of hydrogen-bond donors (Lipinski definition) is 0. The predicted molar refractivity (Wildman–Crippen MR) is 48.5 cm³/mol. The molecule has 0 amide bonds. The lowest BCUT2D eigenvalue weighted by Gasteiger charge is -2.14. The zero-order chi connectivity index (χ0) is 9.02. The summed E-state index contributed by atoms with van der Waals surface area (Å²) in [4.78, 5) is 11.4. The van der Waals surface area contributed by atoms with Gasteiger partial charge in [0.1, 0.15) is 5.78 Å². The molecule has 0 saturated carbocycles. The third-order valence-electron chi connectivity index (χ3n) is 1.88. The fourth-order valence-corrected chi connectivity index (χ4v) is 1.39. The standard InChI is InChI=1S/C10H20O/c1-7(2)6-9(5)10(11)8(3)4/h7-9H,6H2,1-5H3/t9-/m0/s1. The van der Waals surface area contributed by atoms with Crippen molar-refractivity contribution in [3.8, 4) is 0 Å². The van der Waals surface area contributed by atoms with E-state index in [1.807, 2.05) is 20.8 Å². The first kappa shape index (κ1) is 10.7. The van der Waals surface area contributed by atoms with Gasteiger partial charge in [0.2, 0.25) is 0 Å². The average Bonchev–Trinajstić information content (AvgIpc) is 1.84. The Bertz CT molecular complexity index is 125. The largest absolute Gasteiger partial charge is 0.299 e. The quantitative estimate of drug-likeness (QED) is 0.611. The summed E-state index contributed by atoms with van der Waals surface area (Å²) in [5.74, 6) is 1.48. The van der Waals surface area contributed by atoms with Gasteiger partial charge < -0.3 is 0 Å². The first-order valence-corrected chi connectivity index (χ1v) is 4.48. The van der Waals surface area contributed by atoms with Gasteiger partial charge in [0, 0.05) is 11.8 Å². The van der Waals surface area contributed by atoms with Gasteiger partial charge in [0.15, 0.2) is 0 Å². The molecule has 0 aromatic rings. The zero-order valence-corrected chi connectivity index (χ0v) is 8.35. The lowest BCUT2D eigenvalue weighted by molar-refractivity contribution is -0.125. The van der Waals surface area contributed by atoms with Crippen LogP contribution in [0.15, 0.2) is 0 Å². The SMILES string of the molecule is CC(C)C[C@H](C)C(=O)C(C)C. The fourth-order valence-electron chi connectivity index (χ4n) is 1.39. The van der Waals surface area contributed by atoms with Gasteiger partial charge in [-0.15, -0.1) is 0 Å². The molecule has 1 nitrogen and oxygen atoms in total. The molecule has 0 aliphatic rings. The number of carbonyl (C=O) groups excluding carboxylic acids is 1. The van der Waals surface area contributed by atoms with Crippen molar-refractivity contribution < 1.29 is 4.79 Å². The van der Waals surface area contributed by atoms with Crippen molar-refractivity contribution in [1.29, 1.82) is 0 Å². The Hall–Kier alpha value is -0.330. The van der Waals surface area contributed by atoms with Gasteiger partial charge in [-0.25, -0.2) is 0 Å². The topological polar surface area (TPSA) is 17.1 Å². The molecule has 11 heavy (non-hydrogen) atoms. The summed E-state index contributed by atoms with van der Waals surface area (Å²) in [5, 5.41) is 0. The Morgan fingerprint density at radius 3 is 1.82 bits per heavy atom. The van der Waals surface area contributed by atoms with E-state index in [0.717, 1.165) is 6.42 Å². The second-order valence-electron chi connectivity index (χ2n) is 4.09. The molecule has 0 heterocycles. The highest BCUT2D eigenvalue weighted by molar-refractivity contribution is 5.82. The second-order valence-corrected chi connectivity index (χ2v) is 4.09. The number of hydrogen-bond acceptors (Lipinski definition) is 1. The van der Waals surface area contributed by atoms with Crippen LogP contribution in [0, 0.1) is 17.8 Å². The summed E-state index contributed by atoms with van der Waals surface area (Å²) in [7, 11) is 0. The van der Waals surface area contributed by atoms with Crippen LogP contribution in [0.4, 0.5) is 0 Å². The molecule has 0 rings (SSSR count). The van der Waals surface area contributed by atoms with Crippen LogP contribution in [0.25, 0.3) is 0 Å². The highest BCUT2D eigenvalue weighted by Gasteiger charge is 2.16. The minimum absolute atomic E-state index is 0.198. The van der Waals surface area contributed by atoms with Crippen molar-refractivity contribution in [1.82, 2.24) is 0 Å². The smallest absolute Gasteiger partial charge is 0.138 e. The van der Waals surface area contributed by atoms with E-state index in [4.69, 9.17) is 0 Å². The van der Waals surface area contributed by atoms with Crippen LogP contribution in [0.1, 0.15) is 41.0 Å². The Balaban J connectivity index is 3.83. The first-order chi connectivity index (χ1) is 4.95. The van der Waals surface area contributed by atoms with E-state index in [-0.39, 0.29) is 11.8 Å².